The standard InChI is InChI=1S/C50H30N4/c1-51-49-40(33-17-7-3-8-18-33)30-41(50(52-2)48(49)34-19-9-4-10-20-34)35-27-28-39-43-31-42-38-25-15-16-26-44(38)53(36-21-11-5-12-22-36)46(42)32-47(43)54(45(39)29-35)37-23-13-6-14-24-37/h3-32H. The third kappa shape index (κ3) is 4.76. The molecule has 0 aliphatic carbocycles. The topological polar surface area (TPSA) is 18.6 Å². The molecule has 0 atom stereocenters. The van der Waals surface area contributed by atoms with Gasteiger partial charge in [0.2, 0.25) is 0 Å². The van der Waals surface area contributed by atoms with Crippen molar-refractivity contribution in [3.05, 3.63) is 205 Å². The van der Waals surface area contributed by atoms with Crippen molar-refractivity contribution in [2.45, 2.75) is 0 Å². The van der Waals surface area contributed by atoms with Crippen LogP contribution in [0.1, 0.15) is 0 Å². The number of hydrogen-bond donors (Lipinski definition) is 0. The van der Waals surface area contributed by atoms with Gasteiger partial charge in [-0.15, -0.1) is 0 Å². The summed E-state index contributed by atoms with van der Waals surface area (Å²) in [5, 5.41) is 4.69. The zero-order chi connectivity index (χ0) is 36.2. The molecule has 0 spiro atoms. The highest BCUT2D eigenvalue weighted by atomic mass is 15.0. The van der Waals surface area contributed by atoms with Gasteiger partial charge in [0.15, 0.2) is 11.4 Å². The summed E-state index contributed by atoms with van der Waals surface area (Å²) in [6.45, 7) is 16.9. The molecule has 54 heavy (non-hydrogen) atoms. The minimum atomic E-state index is 0.475. The van der Waals surface area contributed by atoms with Crippen LogP contribution in [-0.2, 0) is 0 Å². The molecule has 10 rings (SSSR count). The Bertz CT molecular complexity index is 3140. The number of hydrogen-bond acceptors (Lipinski definition) is 0. The molecule has 0 aliphatic rings. The first-order valence-corrected chi connectivity index (χ1v) is 17.9. The minimum absolute atomic E-state index is 0.475. The predicted molar refractivity (Wildman–Crippen MR) is 224 cm³/mol. The summed E-state index contributed by atoms with van der Waals surface area (Å²) in [6.07, 6.45) is 0. The van der Waals surface area contributed by atoms with Crippen LogP contribution >= 0.6 is 0 Å². The van der Waals surface area contributed by atoms with Crippen LogP contribution in [0.4, 0.5) is 11.4 Å². The Kier molecular flexibility index (Phi) is 7.22. The molecule has 0 saturated heterocycles. The molecule has 0 bridgehead atoms. The lowest BCUT2D eigenvalue weighted by Gasteiger charge is -2.17. The third-order valence-corrected chi connectivity index (χ3v) is 10.5. The lowest BCUT2D eigenvalue weighted by molar-refractivity contribution is 1.16. The molecule has 0 amide bonds. The van der Waals surface area contributed by atoms with Gasteiger partial charge in [-0.2, -0.15) is 0 Å². The Hall–Kier alpha value is -7.66. The van der Waals surface area contributed by atoms with E-state index in [0.29, 0.717) is 16.9 Å². The number of benzene rings is 8. The molecule has 0 saturated carbocycles. The van der Waals surface area contributed by atoms with Crippen LogP contribution in [0.2, 0.25) is 0 Å². The van der Waals surface area contributed by atoms with Gasteiger partial charge in [-0.1, -0.05) is 133 Å². The van der Waals surface area contributed by atoms with Crippen LogP contribution in [0.5, 0.6) is 0 Å². The van der Waals surface area contributed by atoms with E-state index in [0.717, 1.165) is 66.5 Å². The van der Waals surface area contributed by atoms with Gasteiger partial charge in [0.25, 0.3) is 0 Å². The number of nitrogens with zero attached hydrogens (tertiary/aromatic N) is 4. The molecule has 250 valence electrons. The Labute approximate surface area is 312 Å². The van der Waals surface area contributed by atoms with Crippen molar-refractivity contribution < 1.29 is 0 Å². The van der Waals surface area contributed by atoms with Gasteiger partial charge >= 0.3 is 0 Å². The largest absolute Gasteiger partial charge is 0.309 e. The number of aromatic nitrogens is 2. The smallest absolute Gasteiger partial charge is 0.192 e. The zero-order valence-corrected chi connectivity index (χ0v) is 29.1. The van der Waals surface area contributed by atoms with Gasteiger partial charge in [-0.3, -0.25) is 0 Å². The van der Waals surface area contributed by atoms with Gasteiger partial charge in [-0.25, -0.2) is 9.69 Å². The van der Waals surface area contributed by atoms with Gasteiger partial charge in [-0.05, 0) is 81.9 Å². The van der Waals surface area contributed by atoms with Crippen molar-refractivity contribution in [3.8, 4) is 44.8 Å². The van der Waals surface area contributed by atoms with Crippen LogP contribution in [0.25, 0.3) is 98.1 Å². The average molecular weight is 687 g/mol. The van der Waals surface area contributed by atoms with E-state index in [-0.39, 0.29) is 0 Å². The molecule has 0 unspecified atom stereocenters. The van der Waals surface area contributed by atoms with Gasteiger partial charge in [0, 0.05) is 32.9 Å². The Morgan fingerprint density at radius 2 is 0.796 bits per heavy atom. The monoisotopic (exact) mass is 686 g/mol. The van der Waals surface area contributed by atoms with Gasteiger partial charge < -0.3 is 9.13 Å². The fourth-order valence-corrected chi connectivity index (χ4v) is 8.19. The molecule has 8 aromatic carbocycles. The molecule has 10 aromatic rings. The minimum Gasteiger partial charge on any atom is -0.309 e. The zero-order valence-electron chi connectivity index (χ0n) is 29.1. The van der Waals surface area contributed by atoms with E-state index in [9.17, 15) is 0 Å². The normalized spacial score (nSPS) is 11.3. The number of fused-ring (bicyclic) bond motifs is 6. The molecular formula is C50H30N4. The van der Waals surface area contributed by atoms with Crippen molar-refractivity contribution in [2.75, 3.05) is 0 Å². The first-order chi connectivity index (χ1) is 26.7. The summed E-state index contributed by atoms with van der Waals surface area (Å²) in [5.41, 5.74) is 12.6. The van der Waals surface area contributed by atoms with Crippen molar-refractivity contribution in [1.82, 2.24) is 9.13 Å². The third-order valence-electron chi connectivity index (χ3n) is 10.5. The predicted octanol–water partition coefficient (Wildman–Crippen LogP) is 14.0. The highest BCUT2D eigenvalue weighted by Crippen LogP contribution is 2.51. The Morgan fingerprint density at radius 3 is 1.39 bits per heavy atom. The summed E-state index contributed by atoms with van der Waals surface area (Å²) in [5.74, 6) is 0. The number of rotatable bonds is 5. The van der Waals surface area contributed by atoms with E-state index in [1.165, 1.54) is 16.3 Å². The lowest BCUT2D eigenvalue weighted by atomic mass is 9.89. The summed E-state index contributed by atoms with van der Waals surface area (Å²) in [4.78, 5) is 8.24. The average Bonchev–Trinajstić information content (AvgIpc) is 3.74. The quantitative estimate of drug-likeness (QED) is 0.161. The highest BCUT2D eigenvalue weighted by molar-refractivity contribution is 6.20. The molecule has 0 aliphatic heterocycles. The van der Waals surface area contributed by atoms with E-state index in [4.69, 9.17) is 13.1 Å². The summed E-state index contributed by atoms with van der Waals surface area (Å²) >= 11 is 0. The fraction of sp³-hybridized carbons (Fsp3) is 0. The van der Waals surface area contributed by atoms with Crippen molar-refractivity contribution in [1.29, 1.82) is 0 Å². The van der Waals surface area contributed by atoms with E-state index < -0.39 is 0 Å². The van der Waals surface area contributed by atoms with E-state index in [2.05, 4.69) is 128 Å². The summed E-state index contributed by atoms with van der Waals surface area (Å²) in [7, 11) is 0. The van der Waals surface area contributed by atoms with Crippen LogP contribution in [0.3, 0.4) is 0 Å². The van der Waals surface area contributed by atoms with Gasteiger partial charge in [0.1, 0.15) is 0 Å². The molecule has 2 heterocycles. The molecule has 0 fully saturated rings. The van der Waals surface area contributed by atoms with Crippen LogP contribution in [0, 0.1) is 13.1 Å². The first kappa shape index (κ1) is 31.1. The van der Waals surface area contributed by atoms with Crippen molar-refractivity contribution >= 4 is 55.0 Å². The SMILES string of the molecule is [C-]#[N+]c1c(-c2ccccc2)cc(-c2ccc3c4cc5c6ccccc6n(-c6ccccc6)c5cc4n(-c4ccccc4)c3c2)c([N+]#[C-])c1-c1ccccc1. The second kappa shape index (κ2) is 12.5. The maximum absolute atomic E-state index is 8.54. The summed E-state index contributed by atoms with van der Waals surface area (Å²) in [6, 6.07) is 62.9. The molecule has 4 heteroatoms. The molecule has 4 nitrogen and oxygen atoms in total. The maximum atomic E-state index is 8.54. The Balaban J connectivity index is 1.31. The molecule has 2 aromatic heterocycles. The van der Waals surface area contributed by atoms with E-state index in [1.807, 2.05) is 72.8 Å². The molecule has 0 N–H and O–H groups in total. The number of para-hydroxylation sites is 3. The van der Waals surface area contributed by atoms with Crippen LogP contribution < -0.4 is 0 Å². The van der Waals surface area contributed by atoms with Crippen LogP contribution in [-0.4, -0.2) is 9.13 Å². The van der Waals surface area contributed by atoms with E-state index >= 15 is 0 Å². The second-order valence-corrected chi connectivity index (χ2v) is 13.5. The second-order valence-electron chi connectivity index (χ2n) is 13.5. The maximum Gasteiger partial charge on any atom is 0.192 e. The fourth-order valence-electron chi connectivity index (χ4n) is 8.19. The van der Waals surface area contributed by atoms with Crippen LogP contribution in [0.15, 0.2) is 182 Å². The Morgan fingerprint density at radius 1 is 0.333 bits per heavy atom. The summed E-state index contributed by atoms with van der Waals surface area (Å²) < 4.78 is 4.71. The highest BCUT2D eigenvalue weighted by Gasteiger charge is 2.24. The van der Waals surface area contributed by atoms with E-state index in [1.54, 1.807) is 0 Å². The van der Waals surface area contributed by atoms with Crippen molar-refractivity contribution in [2.24, 2.45) is 0 Å². The van der Waals surface area contributed by atoms with Gasteiger partial charge in [0.05, 0.1) is 35.2 Å². The first-order valence-electron chi connectivity index (χ1n) is 17.9. The molecular weight excluding hydrogens is 657 g/mol. The van der Waals surface area contributed by atoms with Crippen molar-refractivity contribution in [3.63, 3.8) is 0 Å². The lowest BCUT2D eigenvalue weighted by Crippen LogP contribution is -1.95. The molecule has 0 radical (unpaired) electrons.